The lowest BCUT2D eigenvalue weighted by Gasteiger charge is -2.15. The molecule has 1 amide bonds. The van der Waals surface area contributed by atoms with Gasteiger partial charge < -0.3 is 10.6 Å². The van der Waals surface area contributed by atoms with Gasteiger partial charge in [-0.3, -0.25) is 4.79 Å². The SMILES string of the molecule is CCCNC(=O)c1cccc(NC(C)CCC)c1. The molecule has 1 rings (SSSR count). The number of carbonyl (C=O) groups excluding carboxylic acids is 1. The topological polar surface area (TPSA) is 41.1 Å². The van der Waals surface area contributed by atoms with Crippen molar-refractivity contribution in [2.45, 2.75) is 46.1 Å². The van der Waals surface area contributed by atoms with Crippen molar-refractivity contribution in [1.82, 2.24) is 5.32 Å². The van der Waals surface area contributed by atoms with Crippen LogP contribution in [0.15, 0.2) is 24.3 Å². The van der Waals surface area contributed by atoms with E-state index in [1.165, 1.54) is 0 Å². The number of anilines is 1. The standard InChI is InChI=1S/C15H24N2O/c1-4-7-12(3)17-14-9-6-8-13(11-14)15(18)16-10-5-2/h6,8-9,11-12,17H,4-5,7,10H2,1-3H3,(H,16,18). The van der Waals surface area contributed by atoms with Gasteiger partial charge in [0.1, 0.15) is 0 Å². The van der Waals surface area contributed by atoms with Gasteiger partial charge in [0.05, 0.1) is 0 Å². The fourth-order valence-electron chi connectivity index (χ4n) is 1.88. The average Bonchev–Trinajstić information content (AvgIpc) is 2.36. The Balaban J connectivity index is 2.64. The molecule has 1 aromatic carbocycles. The van der Waals surface area contributed by atoms with Gasteiger partial charge in [0.25, 0.3) is 5.91 Å². The molecule has 0 aromatic heterocycles. The Bertz CT molecular complexity index is 377. The van der Waals surface area contributed by atoms with Crippen LogP contribution in [-0.2, 0) is 0 Å². The molecule has 0 spiro atoms. The third kappa shape index (κ3) is 4.78. The normalized spacial score (nSPS) is 11.9. The molecule has 0 aliphatic rings. The van der Waals surface area contributed by atoms with Crippen LogP contribution in [0.3, 0.4) is 0 Å². The van der Waals surface area contributed by atoms with Crippen molar-refractivity contribution in [2.24, 2.45) is 0 Å². The molecule has 3 nitrogen and oxygen atoms in total. The summed E-state index contributed by atoms with van der Waals surface area (Å²) >= 11 is 0. The van der Waals surface area contributed by atoms with Crippen LogP contribution in [0.25, 0.3) is 0 Å². The summed E-state index contributed by atoms with van der Waals surface area (Å²) in [6, 6.07) is 8.12. The average molecular weight is 248 g/mol. The van der Waals surface area contributed by atoms with E-state index in [1.54, 1.807) is 0 Å². The molecule has 0 fully saturated rings. The molecular formula is C15H24N2O. The van der Waals surface area contributed by atoms with Crippen LogP contribution >= 0.6 is 0 Å². The van der Waals surface area contributed by atoms with Gasteiger partial charge in [0.15, 0.2) is 0 Å². The zero-order chi connectivity index (χ0) is 13.4. The molecule has 3 heteroatoms. The van der Waals surface area contributed by atoms with E-state index < -0.39 is 0 Å². The summed E-state index contributed by atoms with van der Waals surface area (Å²) in [7, 11) is 0. The van der Waals surface area contributed by atoms with Gasteiger partial charge in [-0.25, -0.2) is 0 Å². The first-order valence-electron chi connectivity index (χ1n) is 6.82. The van der Waals surface area contributed by atoms with Crippen LogP contribution in [0.2, 0.25) is 0 Å². The molecule has 0 heterocycles. The van der Waals surface area contributed by atoms with Gasteiger partial charge in [0, 0.05) is 23.8 Å². The third-order valence-corrected chi connectivity index (χ3v) is 2.80. The maximum absolute atomic E-state index is 11.8. The molecule has 1 aromatic rings. The van der Waals surface area contributed by atoms with Crippen molar-refractivity contribution >= 4 is 11.6 Å². The van der Waals surface area contributed by atoms with Crippen LogP contribution in [-0.4, -0.2) is 18.5 Å². The van der Waals surface area contributed by atoms with Crippen molar-refractivity contribution in [3.8, 4) is 0 Å². The molecule has 0 saturated carbocycles. The quantitative estimate of drug-likeness (QED) is 0.776. The molecule has 100 valence electrons. The lowest BCUT2D eigenvalue weighted by atomic mass is 10.1. The number of rotatable bonds is 7. The van der Waals surface area contributed by atoms with E-state index in [-0.39, 0.29) is 5.91 Å². The van der Waals surface area contributed by atoms with E-state index >= 15 is 0 Å². The largest absolute Gasteiger partial charge is 0.383 e. The minimum absolute atomic E-state index is 0.00337. The minimum atomic E-state index is 0.00337. The Labute approximate surface area is 110 Å². The Morgan fingerprint density at radius 1 is 1.28 bits per heavy atom. The number of carbonyl (C=O) groups is 1. The van der Waals surface area contributed by atoms with Crippen molar-refractivity contribution in [3.63, 3.8) is 0 Å². The predicted octanol–water partition coefficient (Wildman–Crippen LogP) is 3.43. The van der Waals surface area contributed by atoms with Crippen LogP contribution < -0.4 is 10.6 Å². The van der Waals surface area contributed by atoms with E-state index in [4.69, 9.17) is 0 Å². The van der Waals surface area contributed by atoms with Crippen molar-refractivity contribution in [3.05, 3.63) is 29.8 Å². The summed E-state index contributed by atoms with van der Waals surface area (Å²) in [5, 5.41) is 6.30. The molecule has 0 aliphatic carbocycles. The Morgan fingerprint density at radius 2 is 2.06 bits per heavy atom. The van der Waals surface area contributed by atoms with E-state index in [9.17, 15) is 4.79 Å². The molecule has 0 bridgehead atoms. The van der Waals surface area contributed by atoms with Gasteiger partial charge in [-0.2, -0.15) is 0 Å². The molecule has 0 radical (unpaired) electrons. The molecule has 1 unspecified atom stereocenters. The van der Waals surface area contributed by atoms with Crippen LogP contribution in [0, 0.1) is 0 Å². The van der Waals surface area contributed by atoms with Gasteiger partial charge >= 0.3 is 0 Å². The van der Waals surface area contributed by atoms with Gasteiger partial charge in [0.2, 0.25) is 0 Å². The highest BCUT2D eigenvalue weighted by atomic mass is 16.1. The summed E-state index contributed by atoms with van der Waals surface area (Å²) in [5.74, 6) is 0.00337. The Kier molecular flexibility index (Phi) is 6.26. The maximum Gasteiger partial charge on any atom is 0.251 e. The van der Waals surface area contributed by atoms with Crippen molar-refractivity contribution in [2.75, 3.05) is 11.9 Å². The van der Waals surface area contributed by atoms with Crippen molar-refractivity contribution in [1.29, 1.82) is 0 Å². The van der Waals surface area contributed by atoms with Gasteiger partial charge in [-0.15, -0.1) is 0 Å². The lowest BCUT2D eigenvalue weighted by molar-refractivity contribution is 0.0953. The molecule has 2 N–H and O–H groups in total. The lowest BCUT2D eigenvalue weighted by Crippen LogP contribution is -2.24. The second kappa shape index (κ2) is 7.75. The highest BCUT2D eigenvalue weighted by Gasteiger charge is 2.06. The summed E-state index contributed by atoms with van der Waals surface area (Å²) in [6.07, 6.45) is 3.24. The smallest absolute Gasteiger partial charge is 0.251 e. The second-order valence-corrected chi connectivity index (χ2v) is 4.67. The molecule has 0 saturated heterocycles. The second-order valence-electron chi connectivity index (χ2n) is 4.67. The maximum atomic E-state index is 11.8. The Hall–Kier alpha value is -1.51. The summed E-state index contributed by atoms with van der Waals surface area (Å²) in [5.41, 5.74) is 1.73. The zero-order valence-corrected chi connectivity index (χ0v) is 11.6. The van der Waals surface area contributed by atoms with E-state index in [0.717, 1.165) is 37.1 Å². The minimum Gasteiger partial charge on any atom is -0.383 e. The first-order chi connectivity index (χ1) is 8.67. The first-order valence-corrected chi connectivity index (χ1v) is 6.82. The predicted molar refractivity (Wildman–Crippen MR) is 77.1 cm³/mol. The number of hydrogen-bond donors (Lipinski definition) is 2. The fraction of sp³-hybridized carbons (Fsp3) is 0.533. The highest BCUT2D eigenvalue weighted by molar-refractivity contribution is 5.95. The van der Waals surface area contributed by atoms with Crippen molar-refractivity contribution < 1.29 is 4.79 Å². The van der Waals surface area contributed by atoms with Gasteiger partial charge in [-0.05, 0) is 38.0 Å². The highest BCUT2D eigenvalue weighted by Crippen LogP contribution is 2.13. The zero-order valence-electron chi connectivity index (χ0n) is 11.6. The molecular weight excluding hydrogens is 224 g/mol. The number of nitrogens with one attached hydrogen (secondary N) is 2. The first kappa shape index (κ1) is 14.6. The van der Waals surface area contributed by atoms with Gasteiger partial charge in [-0.1, -0.05) is 26.3 Å². The summed E-state index contributed by atoms with van der Waals surface area (Å²) in [6.45, 7) is 7.10. The fourth-order valence-corrected chi connectivity index (χ4v) is 1.88. The summed E-state index contributed by atoms with van der Waals surface area (Å²) in [4.78, 5) is 11.8. The van der Waals surface area contributed by atoms with Crippen LogP contribution in [0.4, 0.5) is 5.69 Å². The Morgan fingerprint density at radius 3 is 2.72 bits per heavy atom. The molecule has 1 atom stereocenters. The number of amides is 1. The van der Waals surface area contributed by atoms with E-state index in [0.29, 0.717) is 6.04 Å². The van der Waals surface area contributed by atoms with E-state index in [2.05, 4.69) is 24.5 Å². The van der Waals surface area contributed by atoms with Crippen LogP contribution in [0.1, 0.15) is 50.4 Å². The van der Waals surface area contributed by atoms with E-state index in [1.807, 2.05) is 31.2 Å². The number of hydrogen-bond acceptors (Lipinski definition) is 2. The number of benzene rings is 1. The summed E-state index contributed by atoms with van der Waals surface area (Å²) < 4.78 is 0. The molecule has 0 aliphatic heterocycles. The monoisotopic (exact) mass is 248 g/mol. The van der Waals surface area contributed by atoms with Crippen LogP contribution in [0.5, 0.6) is 0 Å². The third-order valence-electron chi connectivity index (χ3n) is 2.80. The molecule has 18 heavy (non-hydrogen) atoms.